The van der Waals surface area contributed by atoms with E-state index >= 15 is 0 Å². The lowest BCUT2D eigenvalue weighted by Crippen LogP contribution is -2.82. The molecule has 2 aromatic carbocycles. The van der Waals surface area contributed by atoms with Crippen molar-refractivity contribution < 1.29 is 64.8 Å². The maximum atomic E-state index is 13.8. The molecule has 0 amide bonds. The van der Waals surface area contributed by atoms with Crippen molar-refractivity contribution in [1.82, 2.24) is 0 Å². The maximum Gasteiger partial charge on any atom is 0.335 e. The Labute approximate surface area is 223 Å². The number of carbonyl (C=O) groups excluding carboxylic acids is 3. The minimum atomic E-state index is -3.80. The van der Waals surface area contributed by atoms with Gasteiger partial charge in [0.15, 0.2) is 23.1 Å². The molecule has 5 atom stereocenters. The highest BCUT2D eigenvalue weighted by atomic mass is 16.4. The summed E-state index contributed by atoms with van der Waals surface area (Å²) in [5, 5.41) is 86.5. The van der Waals surface area contributed by atoms with E-state index in [0.717, 1.165) is 12.1 Å². The van der Waals surface area contributed by atoms with E-state index in [0.29, 0.717) is 0 Å². The fraction of sp³-hybridized carbons (Fsp3) is 0.222. The first-order valence-electron chi connectivity index (χ1n) is 11.6. The highest BCUT2D eigenvalue weighted by Gasteiger charge is 2.79. The van der Waals surface area contributed by atoms with Crippen LogP contribution >= 0.6 is 0 Å². The van der Waals surface area contributed by atoms with Crippen LogP contribution in [0.5, 0.6) is 5.75 Å². The minimum absolute atomic E-state index is 0.111. The van der Waals surface area contributed by atoms with Gasteiger partial charge >= 0.3 is 11.9 Å². The summed E-state index contributed by atoms with van der Waals surface area (Å²) in [5.41, 5.74) is -12.7. The molecule has 206 valence electrons. The van der Waals surface area contributed by atoms with Gasteiger partial charge in [0, 0.05) is 6.42 Å². The number of carboxylic acid groups (broad SMARTS) is 2. The van der Waals surface area contributed by atoms with Crippen molar-refractivity contribution in [2.24, 2.45) is 5.92 Å². The van der Waals surface area contributed by atoms with Gasteiger partial charge < -0.3 is 40.9 Å². The van der Waals surface area contributed by atoms with Crippen LogP contribution in [0.1, 0.15) is 33.5 Å². The third kappa shape index (κ3) is 3.14. The number of aromatic carboxylic acids is 1. The van der Waals surface area contributed by atoms with E-state index in [-0.39, 0.29) is 16.7 Å². The smallest absolute Gasteiger partial charge is 0.335 e. The molecule has 0 heterocycles. The molecular weight excluding hydrogens is 532 g/mol. The standard InChI is InChI=1S/C27H20O13/c28-14-3-1-2-12-13(8-10-4-6-11(7-5-10)22(33)34)26(39)18(19(30)16(12)14)21(32)27(40)20(31)17(23(35)36)15(29)9-25(27,38)24(26)37/h1-8,17,24,28,30,37-40H,9H2,(H,33,34)(H,35,36)/b13-8+/t17?,24-,25+,26+,27-/m0/s1. The molecule has 0 bridgehead atoms. The molecule has 0 aliphatic heterocycles. The molecule has 0 radical (unpaired) electrons. The second-order valence-electron chi connectivity index (χ2n) is 9.82. The first-order chi connectivity index (χ1) is 18.6. The van der Waals surface area contributed by atoms with E-state index in [1.54, 1.807) is 0 Å². The number of ketones is 3. The van der Waals surface area contributed by atoms with Crippen molar-refractivity contribution in [2.45, 2.75) is 29.3 Å². The van der Waals surface area contributed by atoms with Crippen LogP contribution < -0.4 is 0 Å². The Morgan fingerprint density at radius 3 is 2.12 bits per heavy atom. The molecule has 0 aromatic heterocycles. The van der Waals surface area contributed by atoms with Crippen LogP contribution in [0.2, 0.25) is 0 Å². The lowest BCUT2D eigenvalue weighted by Gasteiger charge is -2.57. The summed E-state index contributed by atoms with van der Waals surface area (Å²) in [6.07, 6.45) is -3.11. The van der Waals surface area contributed by atoms with Crippen molar-refractivity contribution in [3.63, 3.8) is 0 Å². The molecule has 8 N–H and O–H groups in total. The van der Waals surface area contributed by atoms with Crippen LogP contribution in [0, 0.1) is 5.92 Å². The number of hydrogen-bond donors (Lipinski definition) is 8. The second kappa shape index (κ2) is 8.40. The Balaban J connectivity index is 1.84. The summed E-state index contributed by atoms with van der Waals surface area (Å²) in [6.45, 7) is 0. The number of hydrogen-bond acceptors (Lipinski definition) is 11. The van der Waals surface area contributed by atoms with Gasteiger partial charge in [0.2, 0.25) is 11.4 Å². The van der Waals surface area contributed by atoms with Gasteiger partial charge in [-0.05, 0) is 41.0 Å². The number of fused-ring (bicyclic) bond motifs is 3. The van der Waals surface area contributed by atoms with Gasteiger partial charge in [-0.3, -0.25) is 19.2 Å². The molecule has 2 fully saturated rings. The average molecular weight is 552 g/mol. The van der Waals surface area contributed by atoms with Crippen LogP contribution in [0.15, 0.2) is 48.0 Å². The van der Waals surface area contributed by atoms with E-state index in [9.17, 15) is 64.8 Å². The highest BCUT2D eigenvalue weighted by Crippen LogP contribution is 2.58. The topological polar surface area (TPSA) is 247 Å². The summed E-state index contributed by atoms with van der Waals surface area (Å²) < 4.78 is 0. The van der Waals surface area contributed by atoms with Crippen molar-refractivity contribution in [2.75, 3.05) is 0 Å². The number of benzene rings is 2. The molecule has 3 aliphatic carbocycles. The number of carboxylic acids is 2. The minimum Gasteiger partial charge on any atom is -0.507 e. The number of carbonyl (C=O) groups is 5. The van der Waals surface area contributed by atoms with Crippen LogP contribution in [-0.2, 0) is 19.2 Å². The van der Waals surface area contributed by atoms with Gasteiger partial charge in [-0.2, -0.15) is 0 Å². The predicted molar refractivity (Wildman–Crippen MR) is 131 cm³/mol. The fourth-order valence-electron chi connectivity index (χ4n) is 5.74. The number of phenolic OH excluding ortho intramolecular Hbond substituents is 1. The van der Waals surface area contributed by atoms with E-state index in [1.807, 2.05) is 0 Å². The van der Waals surface area contributed by atoms with E-state index < -0.39 is 92.8 Å². The second-order valence-corrected chi connectivity index (χ2v) is 9.82. The molecule has 2 aromatic rings. The lowest BCUT2D eigenvalue weighted by molar-refractivity contribution is -0.241. The van der Waals surface area contributed by atoms with Crippen molar-refractivity contribution in [1.29, 1.82) is 0 Å². The zero-order valence-electron chi connectivity index (χ0n) is 20.1. The number of Topliss-reactive ketones (excluding diaryl/α,β-unsaturated/α-hetero) is 3. The number of aliphatic hydroxyl groups excluding tert-OH is 2. The van der Waals surface area contributed by atoms with Gasteiger partial charge in [-0.1, -0.05) is 24.3 Å². The fourth-order valence-corrected chi connectivity index (χ4v) is 5.74. The monoisotopic (exact) mass is 552 g/mol. The Kier molecular flexibility index (Phi) is 5.65. The molecule has 1 unspecified atom stereocenters. The van der Waals surface area contributed by atoms with E-state index in [4.69, 9.17) is 0 Å². The Morgan fingerprint density at radius 2 is 1.55 bits per heavy atom. The van der Waals surface area contributed by atoms with Crippen molar-refractivity contribution in [3.8, 4) is 5.75 Å². The third-order valence-corrected chi connectivity index (χ3v) is 7.73. The quantitative estimate of drug-likeness (QED) is 0.220. The molecular formula is C27H20O13. The molecule has 5 rings (SSSR count). The molecule has 40 heavy (non-hydrogen) atoms. The SMILES string of the molecule is O=C(O)c1ccc(/C=C2\c3cccc(O)c3C(O)=C3C(=O)[C@@]4(O)C(=O)C(C(=O)O)C(=O)C[C@@]4(O)[C@H](O)[C@]32O)cc1. The zero-order valence-corrected chi connectivity index (χ0v) is 20.1. The number of aromatic hydroxyl groups is 1. The van der Waals surface area contributed by atoms with Crippen LogP contribution in [0.25, 0.3) is 17.4 Å². The van der Waals surface area contributed by atoms with Gasteiger partial charge in [-0.15, -0.1) is 0 Å². The molecule has 3 aliphatic rings. The predicted octanol–water partition coefficient (Wildman–Crippen LogP) is -0.707. The summed E-state index contributed by atoms with van der Waals surface area (Å²) in [4.78, 5) is 62.4. The number of aliphatic carboxylic acids is 1. The first kappa shape index (κ1) is 26.9. The molecule has 13 nitrogen and oxygen atoms in total. The Morgan fingerprint density at radius 1 is 0.925 bits per heavy atom. The van der Waals surface area contributed by atoms with Crippen LogP contribution in [0.4, 0.5) is 0 Å². The maximum absolute atomic E-state index is 13.8. The molecule has 2 saturated carbocycles. The lowest BCUT2D eigenvalue weighted by atomic mass is 9.50. The largest absolute Gasteiger partial charge is 0.507 e. The van der Waals surface area contributed by atoms with Gasteiger partial charge in [-0.25, -0.2) is 4.79 Å². The van der Waals surface area contributed by atoms with Gasteiger partial charge in [0.05, 0.1) is 16.7 Å². The summed E-state index contributed by atoms with van der Waals surface area (Å²) in [6, 6.07) is 8.60. The van der Waals surface area contributed by atoms with Crippen LogP contribution in [-0.4, -0.2) is 93.0 Å². The molecule has 0 spiro atoms. The summed E-state index contributed by atoms with van der Waals surface area (Å²) in [5.74, 6) is -13.0. The van der Waals surface area contributed by atoms with E-state index in [1.165, 1.54) is 36.4 Å². The van der Waals surface area contributed by atoms with Gasteiger partial charge in [0.25, 0.3) is 0 Å². The van der Waals surface area contributed by atoms with Gasteiger partial charge in [0.1, 0.15) is 23.2 Å². The summed E-state index contributed by atoms with van der Waals surface area (Å²) >= 11 is 0. The number of phenols is 1. The Hall–Kier alpha value is -4.69. The molecule has 0 saturated heterocycles. The van der Waals surface area contributed by atoms with E-state index in [2.05, 4.69) is 0 Å². The average Bonchev–Trinajstić information content (AvgIpc) is 2.88. The number of rotatable bonds is 3. The zero-order chi connectivity index (χ0) is 29.5. The number of aliphatic hydroxyl groups is 5. The first-order valence-corrected chi connectivity index (χ1v) is 11.6. The highest BCUT2D eigenvalue weighted by molar-refractivity contribution is 6.33. The third-order valence-electron chi connectivity index (χ3n) is 7.73. The normalized spacial score (nSPS) is 32.4. The van der Waals surface area contributed by atoms with Crippen molar-refractivity contribution in [3.05, 3.63) is 70.3 Å². The van der Waals surface area contributed by atoms with Crippen LogP contribution in [0.3, 0.4) is 0 Å². The Bertz CT molecular complexity index is 1620. The molecule has 13 heteroatoms. The summed E-state index contributed by atoms with van der Waals surface area (Å²) in [7, 11) is 0. The van der Waals surface area contributed by atoms with Crippen molar-refractivity contribution >= 4 is 46.7 Å².